The molecular weight excluding hydrogens is 546 g/mol. The highest BCUT2D eigenvalue weighted by molar-refractivity contribution is 6.02. The van der Waals surface area contributed by atoms with Crippen LogP contribution in [0.5, 0.6) is 5.75 Å². The molecule has 4 N–H and O–H groups in total. The van der Waals surface area contributed by atoms with Gasteiger partial charge in [0, 0.05) is 36.8 Å². The van der Waals surface area contributed by atoms with E-state index in [9.17, 15) is 18.7 Å². The topological polar surface area (TPSA) is 128 Å². The largest absolute Gasteiger partial charge is 0.494 e. The van der Waals surface area contributed by atoms with Gasteiger partial charge in [-0.2, -0.15) is 4.98 Å². The van der Waals surface area contributed by atoms with Crippen molar-refractivity contribution in [3.05, 3.63) is 60.4 Å². The van der Waals surface area contributed by atoms with E-state index in [-0.39, 0.29) is 35.5 Å². The third-order valence-electron chi connectivity index (χ3n) is 7.39. The molecule has 2 aromatic carbocycles. The Bertz CT molecular complexity index is 1470. The third kappa shape index (κ3) is 6.74. The summed E-state index contributed by atoms with van der Waals surface area (Å²) in [5.41, 5.74) is 0.623. The second-order valence-corrected chi connectivity index (χ2v) is 10.4. The molecule has 0 aliphatic carbocycles. The van der Waals surface area contributed by atoms with E-state index in [0.29, 0.717) is 23.2 Å². The fraction of sp³-hybridized carbons (Fsp3) is 0.379. The summed E-state index contributed by atoms with van der Waals surface area (Å²) in [7, 11) is 5.61. The van der Waals surface area contributed by atoms with Crippen molar-refractivity contribution < 1.29 is 23.4 Å². The number of halogens is 2. The molecule has 1 fully saturated rings. The molecule has 0 bridgehead atoms. The maximum absolute atomic E-state index is 14.1. The van der Waals surface area contributed by atoms with Crippen LogP contribution in [0.3, 0.4) is 0 Å². The molecule has 4 rings (SSSR count). The number of amides is 1. The zero-order valence-electron chi connectivity index (χ0n) is 24.3. The Morgan fingerprint density at radius 1 is 1.17 bits per heavy atom. The zero-order valence-corrected chi connectivity index (χ0v) is 24.3. The van der Waals surface area contributed by atoms with E-state index < -0.39 is 17.2 Å². The van der Waals surface area contributed by atoms with Crippen LogP contribution in [0, 0.1) is 11.6 Å². The monoisotopic (exact) mass is 582 g/mol. The van der Waals surface area contributed by atoms with E-state index in [2.05, 4.69) is 47.3 Å². The first-order chi connectivity index (χ1) is 19.9. The van der Waals surface area contributed by atoms with Gasteiger partial charge in [0.1, 0.15) is 12.1 Å². The number of nitrogens with zero attached hydrogens (tertiary/aromatic N) is 5. The number of carbonyl (C=O) groups excluding carboxylic acids is 1. The van der Waals surface area contributed by atoms with Gasteiger partial charge in [-0.1, -0.05) is 13.5 Å². The number of benzene rings is 2. The van der Waals surface area contributed by atoms with E-state index >= 15 is 0 Å². The molecule has 13 heteroatoms. The highest BCUT2D eigenvalue weighted by Gasteiger charge is 2.28. The Labute approximate surface area is 243 Å². The van der Waals surface area contributed by atoms with Crippen LogP contribution in [-0.4, -0.2) is 71.2 Å². The number of aliphatic hydroxyl groups is 1. The Balaban J connectivity index is 1.67. The first-order valence-electron chi connectivity index (χ1n) is 13.5. The summed E-state index contributed by atoms with van der Waals surface area (Å²) in [5.74, 6) is -1.92. The molecule has 1 saturated heterocycles. The number of anilines is 6. The lowest BCUT2D eigenvalue weighted by Gasteiger charge is -2.26. The molecule has 1 amide bonds. The predicted octanol–water partition coefficient (Wildman–Crippen LogP) is 4.53. The van der Waals surface area contributed by atoms with Gasteiger partial charge in [-0.3, -0.25) is 4.79 Å². The normalized spacial score (nSPS) is 16.2. The van der Waals surface area contributed by atoms with Crippen LogP contribution in [0.2, 0.25) is 0 Å². The summed E-state index contributed by atoms with van der Waals surface area (Å²) < 4.78 is 33.9. The minimum atomic E-state index is -1.44. The number of rotatable bonds is 11. The zero-order chi connectivity index (χ0) is 30.6. The van der Waals surface area contributed by atoms with Crippen molar-refractivity contribution in [2.24, 2.45) is 0 Å². The third-order valence-corrected chi connectivity index (χ3v) is 7.39. The van der Waals surface area contributed by atoms with E-state index in [4.69, 9.17) is 4.74 Å². The molecule has 3 aromatic rings. The average Bonchev–Trinajstić information content (AvgIpc) is 3.46. The van der Waals surface area contributed by atoms with E-state index in [1.807, 2.05) is 20.2 Å². The predicted molar refractivity (Wildman–Crippen MR) is 159 cm³/mol. The van der Waals surface area contributed by atoms with E-state index in [0.717, 1.165) is 37.3 Å². The molecule has 1 unspecified atom stereocenters. The van der Waals surface area contributed by atoms with Crippen LogP contribution in [0.25, 0.3) is 0 Å². The van der Waals surface area contributed by atoms with Crippen molar-refractivity contribution in [2.75, 3.05) is 55.1 Å². The van der Waals surface area contributed by atoms with Gasteiger partial charge in [0.25, 0.3) is 0 Å². The minimum Gasteiger partial charge on any atom is -0.494 e. The molecule has 224 valence electrons. The second kappa shape index (κ2) is 12.7. The molecule has 0 spiro atoms. The average molecular weight is 583 g/mol. The van der Waals surface area contributed by atoms with Crippen molar-refractivity contribution in [3.63, 3.8) is 0 Å². The molecule has 0 saturated carbocycles. The number of aromatic nitrogens is 3. The lowest BCUT2D eigenvalue weighted by Crippen LogP contribution is -2.31. The first kappa shape index (κ1) is 30.6. The van der Waals surface area contributed by atoms with Gasteiger partial charge in [0.05, 0.1) is 35.5 Å². The summed E-state index contributed by atoms with van der Waals surface area (Å²) >= 11 is 0. The molecule has 1 aliphatic heterocycles. The maximum atomic E-state index is 14.1. The van der Waals surface area contributed by atoms with Gasteiger partial charge in [0.15, 0.2) is 11.6 Å². The summed E-state index contributed by atoms with van der Waals surface area (Å²) in [5, 5.41) is 19.6. The summed E-state index contributed by atoms with van der Waals surface area (Å²) in [6, 6.07) is 5.82. The van der Waals surface area contributed by atoms with Crippen molar-refractivity contribution in [3.8, 4) is 5.75 Å². The van der Waals surface area contributed by atoms with Gasteiger partial charge < -0.3 is 35.6 Å². The molecule has 11 nitrogen and oxygen atoms in total. The fourth-order valence-corrected chi connectivity index (χ4v) is 4.71. The van der Waals surface area contributed by atoms with Gasteiger partial charge >= 0.3 is 0 Å². The summed E-state index contributed by atoms with van der Waals surface area (Å²) in [4.78, 5) is 29.3. The number of ether oxygens (including phenoxy) is 1. The van der Waals surface area contributed by atoms with E-state index in [1.54, 1.807) is 13.0 Å². The van der Waals surface area contributed by atoms with Crippen molar-refractivity contribution in [2.45, 2.75) is 38.3 Å². The SMILES string of the molecule is C=CC(=O)Nc1cc(Nc2ncnc(Nc3cc(F)c(F)cc3C(C)(O)CC)n2)c(OC)cc1N1CC[C@@H](N(C)C)C1. The second-order valence-electron chi connectivity index (χ2n) is 10.4. The lowest BCUT2D eigenvalue weighted by atomic mass is 9.91. The molecule has 42 heavy (non-hydrogen) atoms. The number of nitrogens with one attached hydrogen (secondary N) is 3. The molecule has 2 atom stereocenters. The maximum Gasteiger partial charge on any atom is 0.247 e. The molecule has 2 heterocycles. The van der Waals surface area contributed by atoms with Crippen molar-refractivity contribution >= 4 is 40.6 Å². The highest BCUT2D eigenvalue weighted by Crippen LogP contribution is 2.40. The van der Waals surface area contributed by atoms with Gasteiger partial charge in [-0.05, 0) is 52.1 Å². The first-order valence-corrected chi connectivity index (χ1v) is 13.5. The Kier molecular flexibility index (Phi) is 9.22. The van der Waals surface area contributed by atoms with Crippen LogP contribution < -0.4 is 25.6 Å². The number of methoxy groups -OCH3 is 1. The lowest BCUT2D eigenvalue weighted by molar-refractivity contribution is -0.111. The molecule has 1 aliphatic rings. The van der Waals surface area contributed by atoms with Crippen molar-refractivity contribution in [1.82, 2.24) is 19.9 Å². The van der Waals surface area contributed by atoms with Gasteiger partial charge in [0.2, 0.25) is 17.8 Å². The number of likely N-dealkylation sites (N-methyl/N-ethyl adjacent to an activating group) is 1. The highest BCUT2D eigenvalue weighted by atomic mass is 19.2. The van der Waals surface area contributed by atoms with Gasteiger partial charge in [-0.25, -0.2) is 18.7 Å². The van der Waals surface area contributed by atoms with Crippen LogP contribution >= 0.6 is 0 Å². The number of hydrogen-bond donors (Lipinski definition) is 4. The summed E-state index contributed by atoms with van der Waals surface area (Å²) in [6.45, 7) is 8.37. The Morgan fingerprint density at radius 3 is 2.43 bits per heavy atom. The standard InChI is InChI=1S/C29H36F2N8O3/c1-7-26(40)34-22-13-23(25(42-6)14-24(22)39-10-9-17(15-39)38(4)5)36-28-33-16-32-27(37-28)35-21-12-20(31)19(30)11-18(21)29(3,41)8-2/h7,11-14,16-17,41H,1,8-10,15H2,2-6H3,(H,34,40)(H2,32,33,35,36,37)/t17-,29?/m1/s1. The van der Waals surface area contributed by atoms with E-state index in [1.165, 1.54) is 26.4 Å². The number of carbonyl (C=O) groups is 1. The van der Waals surface area contributed by atoms with Gasteiger partial charge in [-0.15, -0.1) is 0 Å². The molecule has 1 aromatic heterocycles. The van der Waals surface area contributed by atoms with Crippen LogP contribution in [0.15, 0.2) is 43.2 Å². The summed E-state index contributed by atoms with van der Waals surface area (Å²) in [6.07, 6.45) is 3.66. The van der Waals surface area contributed by atoms with Crippen LogP contribution in [-0.2, 0) is 10.4 Å². The Morgan fingerprint density at radius 2 is 1.83 bits per heavy atom. The quantitative estimate of drug-likeness (QED) is 0.240. The van der Waals surface area contributed by atoms with Crippen molar-refractivity contribution in [1.29, 1.82) is 0 Å². The minimum absolute atomic E-state index is 0.0224. The van der Waals surface area contributed by atoms with Crippen LogP contribution in [0.4, 0.5) is 43.4 Å². The van der Waals surface area contributed by atoms with Crippen LogP contribution in [0.1, 0.15) is 32.3 Å². The molecule has 0 radical (unpaired) electrons. The number of hydrogen-bond acceptors (Lipinski definition) is 10. The Hall–Kier alpha value is -4.36. The smallest absolute Gasteiger partial charge is 0.247 e. The fourth-order valence-electron chi connectivity index (χ4n) is 4.71. The molecular formula is C29H36F2N8O3.